The van der Waals surface area contributed by atoms with Gasteiger partial charge >= 0.3 is 5.97 Å². The van der Waals surface area contributed by atoms with Gasteiger partial charge in [0.1, 0.15) is 0 Å². The third-order valence-electron chi connectivity index (χ3n) is 3.21. The fraction of sp³-hybridized carbons (Fsp3) is 0.385. The average molecular weight is 233 g/mol. The maximum absolute atomic E-state index is 11.4. The molecule has 0 amide bonds. The third kappa shape index (κ3) is 1.79. The summed E-state index contributed by atoms with van der Waals surface area (Å²) in [6.07, 6.45) is 0.670. The molecule has 0 saturated carbocycles. The van der Waals surface area contributed by atoms with E-state index in [0.29, 0.717) is 17.7 Å². The number of nitrogens with zero attached hydrogens (tertiary/aromatic N) is 1. The number of oxime groups is 1. The molecule has 0 unspecified atom stereocenters. The van der Waals surface area contributed by atoms with Gasteiger partial charge in [-0.1, -0.05) is 25.1 Å². The quantitative estimate of drug-likeness (QED) is 0.460. The van der Waals surface area contributed by atoms with Gasteiger partial charge in [0.2, 0.25) is 0 Å². The summed E-state index contributed by atoms with van der Waals surface area (Å²) < 4.78 is 4.68. The van der Waals surface area contributed by atoms with E-state index >= 15 is 0 Å². The molecule has 0 aliphatic heterocycles. The van der Waals surface area contributed by atoms with Crippen molar-refractivity contribution in [2.75, 3.05) is 7.11 Å². The standard InChI is InChI=1S/C13H15NO3/c1-13(2)7-11(14-16)9-6-8(12(15)17-3)4-5-10(9)13/h4-6,16H,7H2,1-3H3/b14-11+. The van der Waals surface area contributed by atoms with Gasteiger partial charge in [-0.3, -0.25) is 0 Å². The zero-order valence-corrected chi connectivity index (χ0v) is 10.2. The molecule has 1 aliphatic rings. The Bertz CT molecular complexity index is 503. The van der Waals surface area contributed by atoms with Crippen LogP contribution < -0.4 is 0 Å². The largest absolute Gasteiger partial charge is 0.465 e. The number of esters is 1. The lowest BCUT2D eigenvalue weighted by Crippen LogP contribution is -2.12. The number of carbonyl (C=O) groups excluding carboxylic acids is 1. The van der Waals surface area contributed by atoms with Gasteiger partial charge in [0.25, 0.3) is 0 Å². The highest BCUT2D eigenvalue weighted by Crippen LogP contribution is 2.38. The summed E-state index contributed by atoms with van der Waals surface area (Å²) in [5.41, 5.74) is 2.96. The van der Waals surface area contributed by atoms with Gasteiger partial charge in [0.15, 0.2) is 0 Å². The van der Waals surface area contributed by atoms with E-state index in [0.717, 1.165) is 11.1 Å². The number of hydrogen-bond donors (Lipinski definition) is 1. The van der Waals surface area contributed by atoms with Gasteiger partial charge in [0, 0.05) is 12.0 Å². The summed E-state index contributed by atoms with van der Waals surface area (Å²) in [6, 6.07) is 5.37. The van der Waals surface area contributed by atoms with Crippen molar-refractivity contribution in [3.8, 4) is 0 Å². The molecule has 0 radical (unpaired) electrons. The summed E-state index contributed by atoms with van der Waals surface area (Å²) >= 11 is 0. The fourth-order valence-corrected chi connectivity index (χ4v) is 2.32. The zero-order chi connectivity index (χ0) is 12.6. The van der Waals surface area contributed by atoms with Gasteiger partial charge in [-0.15, -0.1) is 0 Å². The van der Waals surface area contributed by atoms with Crippen molar-refractivity contribution >= 4 is 11.7 Å². The molecule has 4 heteroatoms. The molecule has 4 nitrogen and oxygen atoms in total. The lowest BCUT2D eigenvalue weighted by atomic mass is 9.86. The molecule has 0 fully saturated rings. The Morgan fingerprint density at radius 3 is 2.76 bits per heavy atom. The van der Waals surface area contributed by atoms with Gasteiger partial charge < -0.3 is 9.94 Å². The number of hydrogen-bond acceptors (Lipinski definition) is 4. The van der Waals surface area contributed by atoms with E-state index in [9.17, 15) is 4.79 Å². The van der Waals surface area contributed by atoms with Crippen LogP contribution in [0, 0.1) is 0 Å². The molecule has 90 valence electrons. The molecule has 0 bridgehead atoms. The maximum Gasteiger partial charge on any atom is 0.337 e. The first kappa shape index (κ1) is 11.6. The highest BCUT2D eigenvalue weighted by Gasteiger charge is 2.35. The molecule has 2 rings (SSSR count). The Hall–Kier alpha value is -1.84. The van der Waals surface area contributed by atoms with E-state index in [4.69, 9.17) is 5.21 Å². The van der Waals surface area contributed by atoms with Crippen molar-refractivity contribution in [2.45, 2.75) is 25.7 Å². The van der Waals surface area contributed by atoms with E-state index in [2.05, 4.69) is 23.7 Å². The molecule has 17 heavy (non-hydrogen) atoms. The second kappa shape index (κ2) is 3.87. The Kier molecular flexibility index (Phi) is 2.65. The van der Waals surface area contributed by atoms with Gasteiger partial charge in [0.05, 0.1) is 18.4 Å². The van der Waals surface area contributed by atoms with E-state index < -0.39 is 0 Å². The van der Waals surface area contributed by atoms with Crippen LogP contribution in [-0.2, 0) is 10.2 Å². The van der Waals surface area contributed by atoms with Crippen molar-refractivity contribution in [1.29, 1.82) is 0 Å². The Morgan fingerprint density at radius 2 is 2.18 bits per heavy atom. The minimum atomic E-state index is -0.380. The number of benzene rings is 1. The third-order valence-corrected chi connectivity index (χ3v) is 3.21. The number of ether oxygens (including phenoxy) is 1. The molecule has 1 aliphatic carbocycles. The van der Waals surface area contributed by atoms with E-state index in [-0.39, 0.29) is 11.4 Å². The van der Waals surface area contributed by atoms with Crippen molar-refractivity contribution in [1.82, 2.24) is 0 Å². The summed E-state index contributed by atoms with van der Waals surface area (Å²) in [5.74, 6) is -0.380. The van der Waals surface area contributed by atoms with Crippen LogP contribution in [0.25, 0.3) is 0 Å². The minimum absolute atomic E-state index is 0.0639. The van der Waals surface area contributed by atoms with Crippen LogP contribution >= 0.6 is 0 Å². The molecule has 0 atom stereocenters. The minimum Gasteiger partial charge on any atom is -0.465 e. The maximum atomic E-state index is 11.4. The van der Waals surface area contributed by atoms with E-state index in [1.54, 1.807) is 12.1 Å². The van der Waals surface area contributed by atoms with Crippen LogP contribution in [0.2, 0.25) is 0 Å². The Labute approximate surface area is 99.9 Å². The molecule has 1 aromatic rings. The lowest BCUT2D eigenvalue weighted by molar-refractivity contribution is 0.0600. The summed E-state index contributed by atoms with van der Waals surface area (Å²) in [7, 11) is 1.35. The van der Waals surface area contributed by atoms with Crippen molar-refractivity contribution in [2.24, 2.45) is 5.16 Å². The molecule has 1 aromatic carbocycles. The molecule has 0 heterocycles. The SMILES string of the molecule is COC(=O)c1ccc2c(c1)/C(=N/O)CC2(C)C. The average Bonchev–Trinajstić information content (AvgIpc) is 2.59. The van der Waals surface area contributed by atoms with Crippen LogP contribution in [0.15, 0.2) is 23.4 Å². The monoisotopic (exact) mass is 233 g/mol. The predicted octanol–water partition coefficient (Wildman–Crippen LogP) is 2.33. The van der Waals surface area contributed by atoms with Crippen molar-refractivity contribution < 1.29 is 14.7 Å². The number of fused-ring (bicyclic) bond motifs is 1. The van der Waals surface area contributed by atoms with Gasteiger partial charge in [-0.25, -0.2) is 4.79 Å². The summed E-state index contributed by atoms with van der Waals surface area (Å²) in [4.78, 5) is 11.4. The number of carbonyl (C=O) groups is 1. The van der Waals surface area contributed by atoms with E-state index in [1.165, 1.54) is 7.11 Å². The normalized spacial score (nSPS) is 19.1. The second-order valence-electron chi connectivity index (χ2n) is 4.86. The second-order valence-corrected chi connectivity index (χ2v) is 4.86. The first-order chi connectivity index (χ1) is 7.99. The first-order valence-electron chi connectivity index (χ1n) is 5.44. The number of methoxy groups -OCH3 is 1. The van der Waals surface area contributed by atoms with Crippen molar-refractivity contribution in [3.05, 3.63) is 34.9 Å². The molecule has 0 saturated heterocycles. The van der Waals surface area contributed by atoms with Crippen LogP contribution in [0.5, 0.6) is 0 Å². The van der Waals surface area contributed by atoms with Crippen molar-refractivity contribution in [3.63, 3.8) is 0 Å². The highest BCUT2D eigenvalue weighted by molar-refractivity contribution is 6.07. The highest BCUT2D eigenvalue weighted by atomic mass is 16.5. The van der Waals surface area contributed by atoms with E-state index in [1.807, 2.05) is 6.07 Å². The Balaban J connectivity index is 2.56. The zero-order valence-electron chi connectivity index (χ0n) is 10.2. The molecule has 0 aromatic heterocycles. The Morgan fingerprint density at radius 1 is 1.47 bits per heavy atom. The van der Waals surface area contributed by atoms with Crippen LogP contribution in [0.3, 0.4) is 0 Å². The first-order valence-corrected chi connectivity index (χ1v) is 5.44. The molecule has 1 N–H and O–H groups in total. The summed E-state index contributed by atoms with van der Waals surface area (Å²) in [6.45, 7) is 4.17. The molecular weight excluding hydrogens is 218 g/mol. The van der Waals surface area contributed by atoms with Crippen LogP contribution in [-0.4, -0.2) is 24.0 Å². The number of rotatable bonds is 1. The fourth-order valence-electron chi connectivity index (χ4n) is 2.32. The van der Waals surface area contributed by atoms with Crippen LogP contribution in [0.1, 0.15) is 41.8 Å². The predicted molar refractivity (Wildman–Crippen MR) is 63.7 cm³/mol. The van der Waals surface area contributed by atoms with Gasteiger partial charge in [-0.05, 0) is 23.1 Å². The topological polar surface area (TPSA) is 58.9 Å². The lowest BCUT2D eigenvalue weighted by Gasteiger charge is -2.17. The van der Waals surface area contributed by atoms with Crippen LogP contribution in [0.4, 0.5) is 0 Å². The molecular formula is C13H15NO3. The summed E-state index contributed by atoms with van der Waals surface area (Å²) in [5, 5.41) is 12.3. The van der Waals surface area contributed by atoms with Gasteiger partial charge in [-0.2, -0.15) is 0 Å². The smallest absolute Gasteiger partial charge is 0.337 e. The molecule has 0 spiro atoms.